The summed E-state index contributed by atoms with van der Waals surface area (Å²) in [4.78, 5) is 36.8. The number of thiazole rings is 1. The van der Waals surface area contributed by atoms with Gasteiger partial charge in [0.1, 0.15) is 11.5 Å². The van der Waals surface area contributed by atoms with Crippen molar-refractivity contribution in [2.75, 3.05) is 25.1 Å². The van der Waals surface area contributed by atoms with Gasteiger partial charge in [0.25, 0.3) is 11.8 Å². The van der Waals surface area contributed by atoms with E-state index in [1.807, 2.05) is 13.8 Å². The van der Waals surface area contributed by atoms with Gasteiger partial charge in [-0.3, -0.25) is 9.59 Å². The molecule has 4 heterocycles. The van der Waals surface area contributed by atoms with Gasteiger partial charge < -0.3 is 20.3 Å². The SMILES string of the molecule is CCC(Nc1cc(C(F)(F)F)c(-c2sc(C(=O)NC3COC3)nc2C(=O)N2CCCC[C@@H]2C)cn1)C1CC1. The molecule has 206 valence electrons. The van der Waals surface area contributed by atoms with Crippen molar-refractivity contribution in [1.82, 2.24) is 20.2 Å². The first-order chi connectivity index (χ1) is 18.2. The molecule has 38 heavy (non-hydrogen) atoms. The zero-order valence-corrected chi connectivity index (χ0v) is 22.3. The van der Waals surface area contributed by atoms with Crippen LogP contribution in [0.5, 0.6) is 0 Å². The summed E-state index contributed by atoms with van der Waals surface area (Å²) in [5, 5.41) is 5.86. The molecule has 0 spiro atoms. The molecule has 1 unspecified atom stereocenters. The van der Waals surface area contributed by atoms with Crippen LogP contribution in [0.4, 0.5) is 19.0 Å². The average molecular weight is 552 g/mol. The lowest BCUT2D eigenvalue weighted by atomic mass is 10.0. The number of hydrogen-bond donors (Lipinski definition) is 2. The van der Waals surface area contributed by atoms with Crippen molar-refractivity contribution in [2.45, 2.75) is 76.7 Å². The standard InChI is InChI=1S/C26H32F3N5O3S/c1-3-19(15-7-8-15)32-20-10-18(26(27,28)29)17(11-30-20)22-21(25(36)34-9-5-4-6-14(34)2)33-24(38-22)23(35)31-16-12-37-13-16/h10-11,14-16,19H,3-9,12-13H2,1-2H3,(H,30,32)(H,31,35)/t14-,19?/m0/s1. The molecule has 2 saturated heterocycles. The number of amides is 2. The van der Waals surface area contributed by atoms with Gasteiger partial charge in [-0.05, 0) is 57.4 Å². The van der Waals surface area contributed by atoms with Crippen LogP contribution in [0, 0.1) is 5.92 Å². The number of alkyl halides is 3. The second-order valence-corrected chi connectivity index (χ2v) is 11.4. The maximum atomic E-state index is 14.4. The summed E-state index contributed by atoms with van der Waals surface area (Å²) >= 11 is 0.788. The van der Waals surface area contributed by atoms with Crippen molar-refractivity contribution in [2.24, 2.45) is 5.92 Å². The lowest BCUT2D eigenvalue weighted by Gasteiger charge is -2.33. The molecule has 12 heteroatoms. The van der Waals surface area contributed by atoms with Crippen molar-refractivity contribution in [1.29, 1.82) is 0 Å². The smallest absolute Gasteiger partial charge is 0.377 e. The van der Waals surface area contributed by atoms with Gasteiger partial charge in [-0.1, -0.05) is 6.92 Å². The van der Waals surface area contributed by atoms with Crippen LogP contribution in [-0.4, -0.2) is 64.6 Å². The fraction of sp³-hybridized carbons (Fsp3) is 0.615. The number of anilines is 1. The molecule has 0 bridgehead atoms. The molecule has 1 aliphatic carbocycles. The number of nitrogens with one attached hydrogen (secondary N) is 2. The van der Waals surface area contributed by atoms with Gasteiger partial charge in [-0.2, -0.15) is 13.2 Å². The summed E-state index contributed by atoms with van der Waals surface area (Å²) in [5.74, 6) is -0.421. The highest BCUT2D eigenvalue weighted by molar-refractivity contribution is 7.17. The van der Waals surface area contributed by atoms with Crippen molar-refractivity contribution >= 4 is 29.0 Å². The second-order valence-electron chi connectivity index (χ2n) is 10.4. The number of rotatable bonds is 8. The Morgan fingerprint density at radius 1 is 1.24 bits per heavy atom. The maximum absolute atomic E-state index is 14.4. The average Bonchev–Trinajstić information content (AvgIpc) is 3.61. The van der Waals surface area contributed by atoms with Crippen LogP contribution >= 0.6 is 11.3 Å². The third-order valence-corrected chi connectivity index (χ3v) is 8.57. The van der Waals surface area contributed by atoms with Gasteiger partial charge in [0.2, 0.25) is 0 Å². The maximum Gasteiger partial charge on any atom is 0.417 e. The summed E-state index contributed by atoms with van der Waals surface area (Å²) in [5.41, 5.74) is -1.31. The molecule has 8 nitrogen and oxygen atoms in total. The van der Waals surface area contributed by atoms with Crippen LogP contribution in [0.15, 0.2) is 12.3 Å². The molecule has 3 aliphatic rings. The van der Waals surface area contributed by atoms with Crippen LogP contribution < -0.4 is 10.6 Å². The van der Waals surface area contributed by atoms with E-state index in [9.17, 15) is 22.8 Å². The lowest BCUT2D eigenvalue weighted by Crippen LogP contribution is -2.48. The Morgan fingerprint density at radius 2 is 2.00 bits per heavy atom. The first-order valence-corrected chi connectivity index (χ1v) is 14.0. The van der Waals surface area contributed by atoms with Crippen molar-refractivity contribution in [3.05, 3.63) is 28.5 Å². The van der Waals surface area contributed by atoms with Crippen molar-refractivity contribution < 1.29 is 27.5 Å². The number of pyridine rings is 1. The van der Waals surface area contributed by atoms with Gasteiger partial charge in [0.15, 0.2) is 5.01 Å². The number of halogens is 3. The third kappa shape index (κ3) is 5.66. The van der Waals surface area contributed by atoms with Crippen LogP contribution in [0.1, 0.15) is 78.2 Å². The number of carbonyl (C=O) groups excluding carboxylic acids is 2. The summed E-state index contributed by atoms with van der Waals surface area (Å²) < 4.78 is 48.2. The van der Waals surface area contributed by atoms with E-state index in [4.69, 9.17) is 4.74 Å². The number of carbonyl (C=O) groups is 2. The Balaban J connectivity index is 1.55. The van der Waals surface area contributed by atoms with E-state index in [1.54, 1.807) is 4.90 Å². The summed E-state index contributed by atoms with van der Waals surface area (Å²) in [6, 6.07) is 0.798. The first-order valence-electron chi connectivity index (χ1n) is 13.2. The van der Waals surface area contributed by atoms with Crippen LogP contribution in [-0.2, 0) is 10.9 Å². The quantitative estimate of drug-likeness (QED) is 0.481. The van der Waals surface area contributed by atoms with E-state index < -0.39 is 23.6 Å². The lowest BCUT2D eigenvalue weighted by molar-refractivity contribution is -0.137. The van der Waals surface area contributed by atoms with E-state index in [-0.39, 0.29) is 45.1 Å². The fourth-order valence-corrected chi connectivity index (χ4v) is 6.02. The van der Waals surface area contributed by atoms with Gasteiger partial charge in [-0.15, -0.1) is 11.3 Å². The molecule has 2 aromatic rings. The molecule has 2 atom stereocenters. The minimum atomic E-state index is -4.70. The molecule has 2 aliphatic heterocycles. The fourth-order valence-electron chi connectivity index (χ4n) is 5.04. The van der Waals surface area contributed by atoms with E-state index >= 15 is 0 Å². The number of aromatic nitrogens is 2. The largest absolute Gasteiger partial charge is 0.417 e. The first kappa shape index (κ1) is 26.9. The zero-order chi connectivity index (χ0) is 27.0. The predicted octanol–water partition coefficient (Wildman–Crippen LogP) is 4.97. The summed E-state index contributed by atoms with van der Waals surface area (Å²) in [6.45, 7) is 5.12. The molecule has 2 amide bonds. The van der Waals surface area contributed by atoms with Crippen molar-refractivity contribution in [3.8, 4) is 10.4 Å². The second kappa shape index (κ2) is 10.8. The predicted molar refractivity (Wildman–Crippen MR) is 137 cm³/mol. The number of nitrogens with zero attached hydrogens (tertiary/aromatic N) is 3. The van der Waals surface area contributed by atoms with Gasteiger partial charge in [0, 0.05) is 30.4 Å². The highest BCUT2D eigenvalue weighted by Crippen LogP contribution is 2.42. The zero-order valence-electron chi connectivity index (χ0n) is 21.4. The number of ether oxygens (including phenoxy) is 1. The molecule has 2 aromatic heterocycles. The number of likely N-dealkylation sites (tertiary alicyclic amines) is 1. The Kier molecular flexibility index (Phi) is 7.63. The van der Waals surface area contributed by atoms with Gasteiger partial charge in [-0.25, -0.2) is 9.97 Å². The Morgan fingerprint density at radius 3 is 2.61 bits per heavy atom. The monoisotopic (exact) mass is 551 g/mol. The number of piperidine rings is 1. The molecular weight excluding hydrogens is 519 g/mol. The number of hydrogen-bond acceptors (Lipinski definition) is 7. The van der Waals surface area contributed by atoms with Gasteiger partial charge >= 0.3 is 6.18 Å². The molecule has 3 fully saturated rings. The van der Waals surface area contributed by atoms with E-state index in [0.717, 1.165) is 62.1 Å². The molecular formula is C26H32F3N5O3S. The minimum absolute atomic E-state index is 0.00314. The minimum Gasteiger partial charge on any atom is -0.377 e. The highest BCUT2D eigenvalue weighted by Gasteiger charge is 2.39. The normalized spacial score (nSPS) is 21.1. The van der Waals surface area contributed by atoms with E-state index in [1.165, 1.54) is 0 Å². The Labute approximate surface area is 223 Å². The molecule has 2 N–H and O–H groups in total. The van der Waals surface area contributed by atoms with Gasteiger partial charge in [0.05, 0.1) is 29.7 Å². The van der Waals surface area contributed by atoms with Crippen molar-refractivity contribution in [3.63, 3.8) is 0 Å². The third-order valence-electron chi connectivity index (χ3n) is 7.48. The summed E-state index contributed by atoms with van der Waals surface area (Å²) in [6.07, 6.45) is 1.91. The Bertz CT molecular complexity index is 1200. The van der Waals surface area contributed by atoms with Crippen LogP contribution in [0.3, 0.4) is 0 Å². The molecule has 5 rings (SSSR count). The van der Waals surface area contributed by atoms with Crippen LogP contribution in [0.2, 0.25) is 0 Å². The topological polar surface area (TPSA) is 96.4 Å². The highest BCUT2D eigenvalue weighted by atomic mass is 32.1. The Hall–Kier alpha value is -2.73. The molecule has 0 radical (unpaired) electrons. The summed E-state index contributed by atoms with van der Waals surface area (Å²) in [7, 11) is 0. The van der Waals surface area contributed by atoms with Crippen LogP contribution in [0.25, 0.3) is 10.4 Å². The molecule has 0 aromatic carbocycles. The van der Waals surface area contributed by atoms with E-state index in [0.29, 0.717) is 25.7 Å². The molecule has 1 saturated carbocycles. The van der Waals surface area contributed by atoms with E-state index in [2.05, 4.69) is 20.6 Å².